The number of hydrogen-bond acceptors (Lipinski definition) is 2. The number of amides is 1. The van der Waals surface area contributed by atoms with Gasteiger partial charge in [0, 0.05) is 19.0 Å². The average Bonchev–Trinajstić information content (AvgIpc) is 3.13. The Hall–Kier alpha value is -1.35. The van der Waals surface area contributed by atoms with Crippen LogP contribution in [0.5, 0.6) is 0 Å². The Labute approximate surface area is 102 Å². The minimum absolute atomic E-state index is 0.146. The lowest BCUT2D eigenvalue weighted by Gasteiger charge is -2.29. The Balaban J connectivity index is 1.85. The minimum Gasteiger partial charge on any atom is -0.348 e. The predicted molar refractivity (Wildman–Crippen MR) is 66.5 cm³/mol. The summed E-state index contributed by atoms with van der Waals surface area (Å²) >= 11 is 0. The van der Waals surface area contributed by atoms with E-state index in [1.54, 1.807) is 0 Å². The maximum Gasteiger partial charge on any atom is 0.223 e. The SMILES string of the molecule is Cc1cccc2c1C(NC(=O)C1CC1)CNC2. The minimum atomic E-state index is 0.146. The Kier molecular flexibility index (Phi) is 2.63. The largest absolute Gasteiger partial charge is 0.348 e. The summed E-state index contributed by atoms with van der Waals surface area (Å²) in [7, 11) is 0. The van der Waals surface area contributed by atoms with E-state index in [1.807, 2.05) is 0 Å². The number of nitrogens with one attached hydrogen (secondary N) is 2. The third kappa shape index (κ3) is 2.07. The van der Waals surface area contributed by atoms with Crippen molar-refractivity contribution in [2.45, 2.75) is 32.4 Å². The van der Waals surface area contributed by atoms with Gasteiger partial charge in [0.25, 0.3) is 0 Å². The van der Waals surface area contributed by atoms with Gasteiger partial charge in [0.1, 0.15) is 0 Å². The number of benzene rings is 1. The van der Waals surface area contributed by atoms with Crippen molar-refractivity contribution >= 4 is 5.91 Å². The zero-order chi connectivity index (χ0) is 11.8. The smallest absolute Gasteiger partial charge is 0.223 e. The van der Waals surface area contributed by atoms with Crippen LogP contribution in [0, 0.1) is 12.8 Å². The summed E-state index contributed by atoms with van der Waals surface area (Å²) in [5, 5.41) is 6.54. The van der Waals surface area contributed by atoms with Gasteiger partial charge in [-0.25, -0.2) is 0 Å². The maximum absolute atomic E-state index is 11.9. The van der Waals surface area contributed by atoms with E-state index in [0.29, 0.717) is 0 Å². The van der Waals surface area contributed by atoms with Crippen molar-refractivity contribution in [2.24, 2.45) is 5.92 Å². The molecule has 1 fully saturated rings. The summed E-state index contributed by atoms with van der Waals surface area (Å²) in [5.74, 6) is 0.511. The van der Waals surface area contributed by atoms with Crippen LogP contribution in [0.25, 0.3) is 0 Å². The van der Waals surface area contributed by atoms with Gasteiger partial charge in [-0.3, -0.25) is 4.79 Å². The molecule has 0 bridgehead atoms. The normalized spacial score (nSPS) is 23.0. The van der Waals surface area contributed by atoms with Gasteiger partial charge in [0.2, 0.25) is 5.91 Å². The number of fused-ring (bicyclic) bond motifs is 1. The van der Waals surface area contributed by atoms with Gasteiger partial charge in [-0.05, 0) is 36.5 Å². The Bertz CT molecular complexity index is 452. The van der Waals surface area contributed by atoms with Crippen LogP contribution in [0.2, 0.25) is 0 Å². The van der Waals surface area contributed by atoms with E-state index in [2.05, 4.69) is 35.8 Å². The molecule has 1 saturated carbocycles. The van der Waals surface area contributed by atoms with E-state index >= 15 is 0 Å². The van der Waals surface area contributed by atoms with Crippen molar-refractivity contribution in [2.75, 3.05) is 6.54 Å². The number of carbonyl (C=O) groups is 1. The molecule has 3 heteroatoms. The van der Waals surface area contributed by atoms with Gasteiger partial charge in [-0.1, -0.05) is 18.2 Å². The van der Waals surface area contributed by atoms with Crippen molar-refractivity contribution in [1.82, 2.24) is 10.6 Å². The summed E-state index contributed by atoms with van der Waals surface area (Å²) < 4.78 is 0. The molecule has 1 aromatic rings. The second-order valence-electron chi connectivity index (χ2n) is 5.11. The lowest BCUT2D eigenvalue weighted by Crippen LogP contribution is -2.40. The molecular weight excluding hydrogens is 212 g/mol. The average molecular weight is 230 g/mol. The fourth-order valence-corrected chi connectivity index (χ4v) is 2.61. The Morgan fingerprint density at radius 2 is 2.24 bits per heavy atom. The second kappa shape index (κ2) is 4.15. The molecule has 0 aromatic heterocycles. The van der Waals surface area contributed by atoms with Crippen LogP contribution in [0.1, 0.15) is 35.6 Å². The second-order valence-corrected chi connectivity index (χ2v) is 5.11. The molecule has 2 N–H and O–H groups in total. The standard InChI is InChI=1S/C14H18N2O/c1-9-3-2-4-11-7-15-8-12(13(9)11)16-14(17)10-5-6-10/h2-4,10,12,15H,5-8H2,1H3,(H,16,17). The molecule has 0 spiro atoms. The monoisotopic (exact) mass is 230 g/mol. The third-order valence-electron chi connectivity index (χ3n) is 3.69. The highest BCUT2D eigenvalue weighted by molar-refractivity contribution is 5.81. The molecule has 1 aliphatic heterocycles. The third-order valence-corrected chi connectivity index (χ3v) is 3.69. The molecule has 1 aliphatic carbocycles. The van der Waals surface area contributed by atoms with Crippen LogP contribution in [0.3, 0.4) is 0 Å². The Morgan fingerprint density at radius 1 is 1.41 bits per heavy atom. The topological polar surface area (TPSA) is 41.1 Å². The van der Waals surface area contributed by atoms with E-state index in [4.69, 9.17) is 0 Å². The van der Waals surface area contributed by atoms with Crippen LogP contribution in [0.4, 0.5) is 0 Å². The van der Waals surface area contributed by atoms with Crippen molar-refractivity contribution in [3.8, 4) is 0 Å². The first-order valence-corrected chi connectivity index (χ1v) is 6.35. The van der Waals surface area contributed by atoms with E-state index in [9.17, 15) is 4.79 Å². The first-order valence-electron chi connectivity index (χ1n) is 6.35. The molecule has 0 saturated heterocycles. The number of carbonyl (C=O) groups excluding carboxylic acids is 1. The fraction of sp³-hybridized carbons (Fsp3) is 0.500. The van der Waals surface area contributed by atoms with Crippen LogP contribution in [-0.2, 0) is 11.3 Å². The molecule has 17 heavy (non-hydrogen) atoms. The molecule has 3 rings (SSSR count). The van der Waals surface area contributed by atoms with Crippen LogP contribution < -0.4 is 10.6 Å². The lowest BCUT2D eigenvalue weighted by molar-refractivity contribution is -0.123. The van der Waals surface area contributed by atoms with Gasteiger partial charge >= 0.3 is 0 Å². The van der Waals surface area contributed by atoms with E-state index in [0.717, 1.165) is 25.9 Å². The zero-order valence-electron chi connectivity index (χ0n) is 10.1. The van der Waals surface area contributed by atoms with Crippen LogP contribution >= 0.6 is 0 Å². The molecule has 2 aliphatic rings. The van der Waals surface area contributed by atoms with Gasteiger partial charge < -0.3 is 10.6 Å². The molecule has 1 unspecified atom stereocenters. The molecule has 1 atom stereocenters. The van der Waals surface area contributed by atoms with Gasteiger partial charge in [-0.15, -0.1) is 0 Å². The molecule has 90 valence electrons. The molecule has 1 aromatic carbocycles. The first-order chi connectivity index (χ1) is 8.25. The van der Waals surface area contributed by atoms with Gasteiger partial charge in [-0.2, -0.15) is 0 Å². The summed E-state index contributed by atoms with van der Waals surface area (Å²) in [5.41, 5.74) is 3.92. The molecule has 3 nitrogen and oxygen atoms in total. The fourth-order valence-electron chi connectivity index (χ4n) is 2.61. The van der Waals surface area contributed by atoms with Crippen molar-refractivity contribution in [1.29, 1.82) is 0 Å². The molecular formula is C14H18N2O. The summed E-state index contributed by atoms with van der Waals surface area (Å²) in [6.07, 6.45) is 2.12. The summed E-state index contributed by atoms with van der Waals surface area (Å²) in [4.78, 5) is 11.9. The Morgan fingerprint density at radius 3 is 3.00 bits per heavy atom. The number of aryl methyl sites for hydroxylation is 1. The molecule has 1 amide bonds. The zero-order valence-corrected chi connectivity index (χ0v) is 10.1. The predicted octanol–water partition coefficient (Wildman–Crippen LogP) is 1.67. The highest BCUT2D eigenvalue weighted by Gasteiger charge is 2.32. The molecule has 1 heterocycles. The van der Waals surface area contributed by atoms with Crippen molar-refractivity contribution < 1.29 is 4.79 Å². The first kappa shape index (κ1) is 10.8. The summed E-state index contributed by atoms with van der Waals surface area (Å²) in [6.45, 7) is 3.88. The van der Waals surface area contributed by atoms with Gasteiger partial charge in [0.15, 0.2) is 0 Å². The molecule has 0 radical (unpaired) electrons. The maximum atomic E-state index is 11.9. The van der Waals surface area contributed by atoms with E-state index in [1.165, 1.54) is 16.7 Å². The van der Waals surface area contributed by atoms with Crippen LogP contribution in [0.15, 0.2) is 18.2 Å². The van der Waals surface area contributed by atoms with E-state index in [-0.39, 0.29) is 17.9 Å². The highest BCUT2D eigenvalue weighted by Crippen LogP contribution is 2.31. The lowest BCUT2D eigenvalue weighted by atomic mass is 9.92. The quantitative estimate of drug-likeness (QED) is 0.811. The summed E-state index contributed by atoms with van der Waals surface area (Å²) in [6, 6.07) is 6.50. The van der Waals surface area contributed by atoms with Crippen molar-refractivity contribution in [3.05, 3.63) is 34.9 Å². The number of hydrogen-bond donors (Lipinski definition) is 2. The number of rotatable bonds is 2. The van der Waals surface area contributed by atoms with Crippen LogP contribution in [-0.4, -0.2) is 12.5 Å². The van der Waals surface area contributed by atoms with Gasteiger partial charge in [0.05, 0.1) is 6.04 Å². The van der Waals surface area contributed by atoms with Crippen molar-refractivity contribution in [3.63, 3.8) is 0 Å². The highest BCUT2D eigenvalue weighted by atomic mass is 16.2. The van der Waals surface area contributed by atoms with E-state index < -0.39 is 0 Å².